The molecule has 0 radical (unpaired) electrons. The van der Waals surface area contributed by atoms with E-state index in [2.05, 4.69) is 36.3 Å². The summed E-state index contributed by atoms with van der Waals surface area (Å²) in [6.07, 6.45) is 0.193. The molecule has 0 aliphatic rings. The Kier molecular flexibility index (Phi) is 4.71. The van der Waals surface area contributed by atoms with Crippen molar-refractivity contribution >= 4 is 22.4 Å². The Morgan fingerprint density at radius 2 is 1.88 bits per heavy atom. The van der Waals surface area contributed by atoms with Crippen molar-refractivity contribution in [3.05, 3.63) is 70.4 Å². The van der Waals surface area contributed by atoms with Gasteiger partial charge in [0.2, 0.25) is 5.91 Å². The lowest BCUT2D eigenvalue weighted by molar-refractivity contribution is -0.115. The second-order valence-corrected chi connectivity index (χ2v) is 6.55. The lowest BCUT2D eigenvalue weighted by Gasteiger charge is -2.03. The van der Waals surface area contributed by atoms with Crippen molar-refractivity contribution in [2.75, 3.05) is 5.32 Å². The molecule has 24 heavy (non-hydrogen) atoms. The minimum absolute atomic E-state index is 0.164. The monoisotopic (exact) mass is 340 g/mol. The van der Waals surface area contributed by atoms with E-state index in [0.29, 0.717) is 5.13 Å². The molecule has 2 aromatic carbocycles. The maximum Gasteiger partial charge on any atom is 0.230 e. The van der Waals surface area contributed by atoms with E-state index in [1.807, 2.05) is 11.4 Å². The van der Waals surface area contributed by atoms with Crippen LogP contribution in [0.1, 0.15) is 16.7 Å². The highest BCUT2D eigenvalue weighted by molar-refractivity contribution is 7.14. The van der Waals surface area contributed by atoms with Crippen molar-refractivity contribution in [1.82, 2.24) is 4.98 Å². The number of anilines is 1. The number of amides is 1. The normalized spacial score (nSPS) is 10.6. The van der Waals surface area contributed by atoms with Crippen LogP contribution in [0, 0.1) is 19.7 Å². The van der Waals surface area contributed by atoms with Gasteiger partial charge in [0.05, 0.1) is 12.1 Å². The van der Waals surface area contributed by atoms with E-state index >= 15 is 0 Å². The van der Waals surface area contributed by atoms with Crippen LogP contribution in [-0.4, -0.2) is 10.9 Å². The van der Waals surface area contributed by atoms with Crippen LogP contribution in [0.3, 0.4) is 0 Å². The number of aromatic nitrogens is 1. The lowest BCUT2D eigenvalue weighted by atomic mass is 10.1. The second-order valence-electron chi connectivity index (χ2n) is 5.69. The van der Waals surface area contributed by atoms with Crippen molar-refractivity contribution < 1.29 is 9.18 Å². The molecular weight excluding hydrogens is 323 g/mol. The van der Waals surface area contributed by atoms with Gasteiger partial charge in [0, 0.05) is 10.9 Å². The van der Waals surface area contributed by atoms with E-state index < -0.39 is 0 Å². The summed E-state index contributed by atoms with van der Waals surface area (Å²) in [7, 11) is 0. The van der Waals surface area contributed by atoms with E-state index in [1.54, 1.807) is 12.1 Å². The zero-order valence-electron chi connectivity index (χ0n) is 13.5. The van der Waals surface area contributed by atoms with Crippen molar-refractivity contribution in [3.8, 4) is 11.3 Å². The molecule has 3 rings (SSSR count). The number of nitrogens with zero attached hydrogens (tertiary/aromatic N) is 1. The average Bonchev–Trinajstić information content (AvgIpc) is 3.00. The van der Waals surface area contributed by atoms with Gasteiger partial charge in [0.15, 0.2) is 5.13 Å². The van der Waals surface area contributed by atoms with Gasteiger partial charge in [-0.2, -0.15) is 0 Å². The van der Waals surface area contributed by atoms with Gasteiger partial charge in [0.25, 0.3) is 0 Å². The molecule has 0 saturated carbocycles. The van der Waals surface area contributed by atoms with Crippen LogP contribution in [0.2, 0.25) is 0 Å². The predicted molar refractivity (Wildman–Crippen MR) is 95.8 cm³/mol. The van der Waals surface area contributed by atoms with Crippen molar-refractivity contribution in [2.24, 2.45) is 0 Å². The van der Waals surface area contributed by atoms with Crippen LogP contribution in [0.4, 0.5) is 9.52 Å². The zero-order chi connectivity index (χ0) is 17.1. The molecule has 0 bridgehead atoms. The molecule has 1 amide bonds. The molecule has 0 aliphatic carbocycles. The van der Waals surface area contributed by atoms with Gasteiger partial charge in [-0.3, -0.25) is 4.79 Å². The third-order valence-electron chi connectivity index (χ3n) is 3.83. The average molecular weight is 340 g/mol. The highest BCUT2D eigenvalue weighted by Gasteiger charge is 2.09. The fraction of sp³-hybridized carbons (Fsp3) is 0.158. The molecule has 1 aromatic heterocycles. The first-order valence-electron chi connectivity index (χ1n) is 7.59. The van der Waals surface area contributed by atoms with Crippen molar-refractivity contribution in [3.63, 3.8) is 0 Å². The minimum Gasteiger partial charge on any atom is -0.302 e. The quantitative estimate of drug-likeness (QED) is 0.745. The number of aryl methyl sites for hydroxylation is 2. The Morgan fingerprint density at radius 1 is 1.12 bits per heavy atom. The number of thiazole rings is 1. The van der Waals surface area contributed by atoms with Gasteiger partial charge in [-0.05, 0) is 48.7 Å². The highest BCUT2D eigenvalue weighted by Crippen LogP contribution is 2.26. The Balaban J connectivity index is 1.68. The molecule has 0 spiro atoms. The highest BCUT2D eigenvalue weighted by atomic mass is 32.1. The molecule has 3 aromatic rings. The molecule has 0 atom stereocenters. The van der Waals surface area contributed by atoms with E-state index in [1.165, 1.54) is 34.6 Å². The van der Waals surface area contributed by atoms with E-state index in [9.17, 15) is 9.18 Å². The van der Waals surface area contributed by atoms with E-state index in [-0.39, 0.29) is 18.1 Å². The molecular formula is C19H17FN2OS. The van der Waals surface area contributed by atoms with E-state index in [4.69, 9.17) is 0 Å². The maximum atomic E-state index is 12.9. The van der Waals surface area contributed by atoms with Crippen LogP contribution in [0.5, 0.6) is 0 Å². The molecule has 3 nitrogen and oxygen atoms in total. The first-order chi connectivity index (χ1) is 11.5. The molecule has 0 unspecified atom stereocenters. The number of nitrogens with one attached hydrogen (secondary N) is 1. The summed E-state index contributed by atoms with van der Waals surface area (Å²) in [5.41, 5.74) is 5.10. The number of halogens is 1. The number of carbonyl (C=O) groups is 1. The fourth-order valence-electron chi connectivity index (χ4n) is 2.32. The first-order valence-corrected chi connectivity index (χ1v) is 8.46. The Morgan fingerprint density at radius 3 is 2.58 bits per heavy atom. The topological polar surface area (TPSA) is 42.0 Å². The summed E-state index contributed by atoms with van der Waals surface area (Å²) in [5.74, 6) is -0.472. The fourth-order valence-corrected chi connectivity index (χ4v) is 3.05. The molecule has 0 aliphatic heterocycles. The van der Waals surface area contributed by atoms with Crippen LogP contribution in [-0.2, 0) is 11.2 Å². The summed E-state index contributed by atoms with van der Waals surface area (Å²) >= 11 is 1.39. The maximum absolute atomic E-state index is 12.9. The van der Waals surface area contributed by atoms with Crippen LogP contribution in [0.15, 0.2) is 47.8 Å². The standard InChI is InChI=1S/C19H17FN2OS/c1-12-3-6-15(9-13(12)2)17-11-24-19(21-17)22-18(23)10-14-4-7-16(20)8-5-14/h3-9,11H,10H2,1-2H3,(H,21,22,23). The number of rotatable bonds is 4. The summed E-state index contributed by atoms with van der Waals surface area (Å²) in [6, 6.07) is 12.1. The molecule has 0 fully saturated rings. The molecule has 1 N–H and O–H groups in total. The number of carbonyl (C=O) groups excluding carboxylic acids is 1. The van der Waals surface area contributed by atoms with Crippen LogP contribution < -0.4 is 5.32 Å². The number of hydrogen-bond donors (Lipinski definition) is 1. The largest absolute Gasteiger partial charge is 0.302 e. The van der Waals surface area contributed by atoms with Crippen LogP contribution in [0.25, 0.3) is 11.3 Å². The summed E-state index contributed by atoms with van der Waals surface area (Å²) in [4.78, 5) is 16.5. The summed E-state index contributed by atoms with van der Waals surface area (Å²) in [5, 5.41) is 5.29. The summed E-state index contributed by atoms with van der Waals surface area (Å²) < 4.78 is 12.9. The number of benzene rings is 2. The van der Waals surface area contributed by atoms with Gasteiger partial charge >= 0.3 is 0 Å². The zero-order valence-corrected chi connectivity index (χ0v) is 14.3. The Bertz CT molecular complexity index is 871. The second kappa shape index (κ2) is 6.93. The van der Waals surface area contributed by atoms with Gasteiger partial charge < -0.3 is 5.32 Å². The first kappa shape index (κ1) is 16.3. The lowest BCUT2D eigenvalue weighted by Crippen LogP contribution is -2.14. The minimum atomic E-state index is -0.308. The smallest absolute Gasteiger partial charge is 0.230 e. The SMILES string of the molecule is Cc1ccc(-c2csc(NC(=O)Cc3ccc(F)cc3)n2)cc1C. The van der Waals surface area contributed by atoms with Gasteiger partial charge in [-0.15, -0.1) is 11.3 Å². The molecule has 122 valence electrons. The van der Waals surface area contributed by atoms with E-state index in [0.717, 1.165) is 16.8 Å². The third-order valence-corrected chi connectivity index (χ3v) is 4.59. The van der Waals surface area contributed by atoms with Crippen molar-refractivity contribution in [1.29, 1.82) is 0 Å². The van der Waals surface area contributed by atoms with Crippen molar-refractivity contribution in [2.45, 2.75) is 20.3 Å². The molecule has 1 heterocycles. The van der Waals surface area contributed by atoms with Crippen LogP contribution >= 0.6 is 11.3 Å². The molecule has 0 saturated heterocycles. The van der Waals surface area contributed by atoms with Gasteiger partial charge in [0.1, 0.15) is 5.82 Å². The molecule has 5 heteroatoms. The predicted octanol–water partition coefficient (Wildman–Crippen LogP) is 4.75. The summed E-state index contributed by atoms with van der Waals surface area (Å²) in [6.45, 7) is 4.14. The Hall–Kier alpha value is -2.53. The third kappa shape index (κ3) is 3.86. The number of hydrogen-bond acceptors (Lipinski definition) is 3. The van der Waals surface area contributed by atoms with Gasteiger partial charge in [-0.25, -0.2) is 9.37 Å². The Labute approximate surface area is 144 Å². The van der Waals surface area contributed by atoms with Gasteiger partial charge in [-0.1, -0.05) is 24.3 Å².